The third-order valence-corrected chi connectivity index (χ3v) is 7.25. The summed E-state index contributed by atoms with van der Waals surface area (Å²) in [5.74, 6) is 2.54. The van der Waals surface area contributed by atoms with Crippen LogP contribution in [-0.2, 0) is 13.1 Å². The molecule has 3 N–H and O–H groups in total. The van der Waals surface area contributed by atoms with E-state index in [0.717, 1.165) is 61.4 Å². The summed E-state index contributed by atoms with van der Waals surface area (Å²) in [5, 5.41) is 26.6. The smallest absolute Gasteiger partial charge is 0.215 e. The van der Waals surface area contributed by atoms with Gasteiger partial charge in [0, 0.05) is 42.0 Å². The number of benzene rings is 1. The molecule has 1 aromatic carbocycles. The average molecular weight is 414 g/mol. The monoisotopic (exact) mass is 413 g/mol. The van der Waals surface area contributed by atoms with Crippen LogP contribution in [0.5, 0.6) is 0 Å². The Morgan fingerprint density at radius 3 is 2.72 bits per heavy atom. The van der Waals surface area contributed by atoms with Crippen molar-refractivity contribution >= 4 is 17.6 Å². The second-order valence-electron chi connectivity index (χ2n) is 9.14. The van der Waals surface area contributed by atoms with Crippen molar-refractivity contribution in [3.63, 3.8) is 0 Å². The topological polar surface area (TPSA) is 93.3 Å². The number of aromatic nitrogens is 3. The van der Waals surface area contributed by atoms with Gasteiger partial charge in [0.1, 0.15) is 5.82 Å². The van der Waals surface area contributed by atoms with Crippen LogP contribution < -0.4 is 5.48 Å². The lowest BCUT2D eigenvalue weighted by Gasteiger charge is -2.59. The van der Waals surface area contributed by atoms with E-state index in [1.54, 1.807) is 0 Å². The molecule has 0 bridgehead atoms. The van der Waals surface area contributed by atoms with Crippen LogP contribution >= 0.6 is 11.6 Å². The van der Waals surface area contributed by atoms with Gasteiger partial charge in [0.25, 0.3) is 0 Å². The normalized spacial score (nSPS) is 23.0. The van der Waals surface area contributed by atoms with Crippen molar-refractivity contribution < 1.29 is 5.21 Å². The second-order valence-corrected chi connectivity index (χ2v) is 9.58. The molecule has 9 heteroatoms. The number of hydroxylamine groups is 1. The van der Waals surface area contributed by atoms with Crippen molar-refractivity contribution in [3.8, 4) is 5.69 Å². The largest absolute Gasteiger partial charge is 0.340 e. The molecule has 0 unspecified atom stereocenters. The number of likely N-dealkylation sites (tertiary alicyclic amines) is 1. The Bertz CT molecular complexity index is 987. The van der Waals surface area contributed by atoms with E-state index >= 15 is 0 Å². The molecule has 2 aliphatic heterocycles. The van der Waals surface area contributed by atoms with Gasteiger partial charge in [-0.25, -0.2) is 5.48 Å². The minimum Gasteiger partial charge on any atom is -0.340 e. The van der Waals surface area contributed by atoms with Crippen molar-refractivity contribution in [2.75, 3.05) is 13.1 Å². The molecule has 0 atom stereocenters. The van der Waals surface area contributed by atoms with Crippen molar-refractivity contribution in [2.45, 2.75) is 50.7 Å². The lowest BCUT2D eigenvalue weighted by atomic mass is 9.57. The van der Waals surface area contributed by atoms with Gasteiger partial charge < -0.3 is 4.90 Å². The summed E-state index contributed by atoms with van der Waals surface area (Å²) < 4.78 is 2.28. The fourth-order valence-electron chi connectivity index (χ4n) is 5.43. The van der Waals surface area contributed by atoms with E-state index < -0.39 is 0 Å². The standard InChI is InChI=1S/C20H24ClN7O/c21-14-1-4-16-12(5-14)8-26(15-2-3-15)9-17-23-24-18(28(16)17)13-6-20(7-13)10-27(11-20)19(22)25-29/h1,4-5,13,15,29H,2-3,6-11H2,(H2,22,25). The summed E-state index contributed by atoms with van der Waals surface area (Å²) >= 11 is 6.33. The summed E-state index contributed by atoms with van der Waals surface area (Å²) in [6.07, 6.45) is 4.62. The van der Waals surface area contributed by atoms with Gasteiger partial charge in [-0.3, -0.25) is 20.1 Å². The minimum absolute atomic E-state index is 0.0846. The number of hydrogen-bond acceptors (Lipinski definition) is 5. The molecule has 29 heavy (non-hydrogen) atoms. The summed E-state index contributed by atoms with van der Waals surface area (Å²) in [5.41, 5.74) is 4.59. The number of rotatable bonds is 2. The molecular weight excluding hydrogens is 390 g/mol. The third kappa shape index (κ3) is 2.77. The molecule has 2 aromatic rings. The Morgan fingerprint density at radius 2 is 2.00 bits per heavy atom. The summed E-state index contributed by atoms with van der Waals surface area (Å²) in [4.78, 5) is 4.37. The fourth-order valence-corrected chi connectivity index (χ4v) is 5.63. The lowest BCUT2D eigenvalue weighted by Crippen LogP contribution is -2.65. The minimum atomic E-state index is 0.0846. The lowest BCUT2D eigenvalue weighted by molar-refractivity contribution is -0.0427. The van der Waals surface area contributed by atoms with Gasteiger partial charge in [0.05, 0.1) is 12.2 Å². The van der Waals surface area contributed by atoms with Crippen molar-refractivity contribution in [3.05, 3.63) is 40.4 Å². The number of nitrogens with zero attached hydrogens (tertiary/aromatic N) is 5. The number of guanidine groups is 1. The first-order valence-corrected chi connectivity index (χ1v) is 10.6. The van der Waals surface area contributed by atoms with Gasteiger partial charge >= 0.3 is 0 Å². The van der Waals surface area contributed by atoms with Gasteiger partial charge in [-0.15, -0.1) is 10.2 Å². The quantitative estimate of drug-likeness (QED) is 0.398. The second kappa shape index (κ2) is 6.17. The predicted molar refractivity (Wildman–Crippen MR) is 107 cm³/mol. The Labute approximate surface area is 173 Å². The van der Waals surface area contributed by atoms with Gasteiger partial charge in [-0.1, -0.05) is 11.6 Å². The molecule has 8 nitrogen and oxygen atoms in total. The van der Waals surface area contributed by atoms with Gasteiger partial charge in [0.2, 0.25) is 5.96 Å². The highest BCUT2D eigenvalue weighted by molar-refractivity contribution is 6.30. The van der Waals surface area contributed by atoms with Crippen LogP contribution in [0.25, 0.3) is 5.69 Å². The molecule has 3 fully saturated rings. The highest BCUT2D eigenvalue weighted by Crippen LogP contribution is 2.56. The summed E-state index contributed by atoms with van der Waals surface area (Å²) in [7, 11) is 0. The molecule has 6 rings (SSSR count). The van der Waals surface area contributed by atoms with Gasteiger partial charge in [0.15, 0.2) is 5.82 Å². The summed E-state index contributed by atoms with van der Waals surface area (Å²) in [6, 6.07) is 6.81. The van der Waals surface area contributed by atoms with E-state index in [-0.39, 0.29) is 11.4 Å². The van der Waals surface area contributed by atoms with Crippen LogP contribution in [0.4, 0.5) is 0 Å². The average Bonchev–Trinajstić information content (AvgIpc) is 3.43. The van der Waals surface area contributed by atoms with Gasteiger partial charge in [-0.2, -0.15) is 0 Å². The molecule has 1 spiro atoms. The molecule has 4 aliphatic rings. The van der Waals surface area contributed by atoms with Crippen LogP contribution in [0, 0.1) is 10.8 Å². The van der Waals surface area contributed by atoms with Crippen molar-refractivity contribution in [1.29, 1.82) is 5.41 Å². The first-order chi connectivity index (χ1) is 14.0. The predicted octanol–water partition coefficient (Wildman–Crippen LogP) is 2.49. The third-order valence-electron chi connectivity index (χ3n) is 7.02. The zero-order valence-corrected chi connectivity index (χ0v) is 16.9. The van der Waals surface area contributed by atoms with Crippen molar-refractivity contribution in [1.82, 2.24) is 30.0 Å². The van der Waals surface area contributed by atoms with E-state index in [4.69, 9.17) is 22.2 Å². The van der Waals surface area contributed by atoms with Crippen LogP contribution in [-0.4, -0.2) is 54.9 Å². The van der Waals surface area contributed by atoms with Crippen LogP contribution in [0.1, 0.15) is 48.8 Å². The molecule has 0 amide bonds. The summed E-state index contributed by atoms with van der Waals surface area (Å²) in [6.45, 7) is 3.37. The molecule has 1 saturated heterocycles. The highest BCUT2D eigenvalue weighted by atomic mass is 35.5. The maximum absolute atomic E-state index is 8.92. The zero-order valence-electron chi connectivity index (χ0n) is 16.1. The molecule has 152 valence electrons. The van der Waals surface area contributed by atoms with Crippen LogP contribution in [0.3, 0.4) is 0 Å². The fraction of sp³-hybridized carbons (Fsp3) is 0.550. The molecule has 0 radical (unpaired) electrons. The van der Waals surface area contributed by atoms with E-state index in [0.29, 0.717) is 12.0 Å². The number of hydrogen-bond donors (Lipinski definition) is 3. The number of fused-ring (bicyclic) bond motifs is 3. The van der Waals surface area contributed by atoms with Crippen LogP contribution in [0.2, 0.25) is 5.02 Å². The first kappa shape index (κ1) is 17.7. The molecular formula is C20H24ClN7O. The maximum Gasteiger partial charge on any atom is 0.215 e. The van der Waals surface area contributed by atoms with Gasteiger partial charge in [-0.05, 0) is 49.4 Å². The Hall–Kier alpha value is -2.16. The Balaban J connectivity index is 1.29. The van der Waals surface area contributed by atoms with E-state index in [1.807, 2.05) is 16.4 Å². The van der Waals surface area contributed by atoms with E-state index in [9.17, 15) is 0 Å². The maximum atomic E-state index is 8.92. The molecule has 2 aliphatic carbocycles. The number of nitrogens with one attached hydrogen (secondary N) is 2. The van der Waals surface area contributed by atoms with Crippen molar-refractivity contribution in [2.24, 2.45) is 5.41 Å². The van der Waals surface area contributed by atoms with E-state index in [2.05, 4.69) is 31.8 Å². The first-order valence-electron chi connectivity index (χ1n) is 10.3. The number of halogens is 1. The molecule has 3 heterocycles. The zero-order chi connectivity index (χ0) is 19.8. The Kier molecular flexibility index (Phi) is 3.76. The van der Waals surface area contributed by atoms with E-state index in [1.165, 1.54) is 18.4 Å². The van der Waals surface area contributed by atoms with Crippen LogP contribution in [0.15, 0.2) is 18.2 Å². The molecule has 1 aromatic heterocycles. The molecule has 2 saturated carbocycles. The Morgan fingerprint density at radius 1 is 1.21 bits per heavy atom. The SMILES string of the molecule is N=C(NO)N1CC2(CC(c3nnc4n3-c3ccc(Cl)cc3CN(C3CC3)C4)C2)C1. The highest BCUT2D eigenvalue weighted by Gasteiger charge is 2.54.